The van der Waals surface area contributed by atoms with Crippen LogP contribution >= 0.6 is 0 Å². The highest BCUT2D eigenvalue weighted by molar-refractivity contribution is 7.89. The molecule has 0 unspecified atom stereocenters. The first kappa shape index (κ1) is 15.4. The summed E-state index contributed by atoms with van der Waals surface area (Å²) in [5, 5.41) is 7.54. The maximum absolute atomic E-state index is 11.7. The Bertz CT molecular complexity index is 571. The van der Waals surface area contributed by atoms with Gasteiger partial charge in [0.2, 0.25) is 15.9 Å². The summed E-state index contributed by atoms with van der Waals surface area (Å²) in [4.78, 5) is 11.6. The molecule has 0 aromatic heterocycles. The first-order chi connectivity index (χ1) is 8.79. The minimum Gasteiger partial charge on any atom is -0.495 e. The van der Waals surface area contributed by atoms with Crippen LogP contribution in [0.5, 0.6) is 5.75 Å². The Hall–Kier alpha value is -1.64. The van der Waals surface area contributed by atoms with Crippen molar-refractivity contribution in [3.8, 4) is 5.75 Å². The number of amides is 1. The Morgan fingerprint density at radius 3 is 2.58 bits per heavy atom. The average Bonchev–Trinajstić information content (AvgIpc) is 2.36. The van der Waals surface area contributed by atoms with E-state index in [1.165, 1.54) is 25.3 Å². The van der Waals surface area contributed by atoms with Gasteiger partial charge in [0.25, 0.3) is 0 Å². The van der Waals surface area contributed by atoms with Crippen molar-refractivity contribution in [1.82, 2.24) is 0 Å². The van der Waals surface area contributed by atoms with Crippen LogP contribution in [0.3, 0.4) is 0 Å². The van der Waals surface area contributed by atoms with E-state index in [2.05, 4.69) is 5.32 Å². The summed E-state index contributed by atoms with van der Waals surface area (Å²) in [6.45, 7) is 1.77. The van der Waals surface area contributed by atoms with Gasteiger partial charge in [-0.2, -0.15) is 0 Å². The van der Waals surface area contributed by atoms with E-state index in [-0.39, 0.29) is 10.6 Å². The van der Waals surface area contributed by atoms with Crippen molar-refractivity contribution >= 4 is 21.6 Å². The first-order valence-electron chi connectivity index (χ1n) is 5.57. The molecule has 0 saturated carbocycles. The number of ether oxygens (including phenoxy) is 1. The lowest BCUT2D eigenvalue weighted by atomic mass is 10.2. The second kappa shape index (κ2) is 6.00. The molecule has 1 atom stereocenters. The normalized spacial score (nSPS) is 12.8. The fourth-order valence-electron chi connectivity index (χ4n) is 1.37. The maximum Gasteiger partial charge on any atom is 0.241 e. The zero-order chi connectivity index (χ0) is 14.6. The lowest BCUT2D eigenvalue weighted by Crippen LogP contribution is -2.35. The van der Waals surface area contributed by atoms with Crippen LogP contribution in [0.25, 0.3) is 0 Å². The number of methoxy groups -OCH3 is 1. The fourth-order valence-corrected chi connectivity index (χ4v) is 1.91. The Morgan fingerprint density at radius 1 is 1.47 bits per heavy atom. The number of hydrogen-bond acceptors (Lipinski definition) is 5. The van der Waals surface area contributed by atoms with Gasteiger partial charge in [0.05, 0.1) is 23.7 Å². The zero-order valence-electron chi connectivity index (χ0n) is 10.7. The zero-order valence-corrected chi connectivity index (χ0v) is 11.5. The number of carbonyl (C=O) groups is 1. The van der Waals surface area contributed by atoms with Crippen molar-refractivity contribution in [2.75, 3.05) is 12.4 Å². The predicted octanol–water partition coefficient (Wildman–Crippen LogP) is 0.0184. The van der Waals surface area contributed by atoms with Gasteiger partial charge in [0.1, 0.15) is 5.75 Å². The molecule has 7 nitrogen and oxygen atoms in total. The van der Waals surface area contributed by atoms with Crippen LogP contribution in [0.2, 0.25) is 0 Å². The van der Waals surface area contributed by atoms with Crippen molar-refractivity contribution < 1.29 is 17.9 Å². The third-order valence-electron chi connectivity index (χ3n) is 2.53. The van der Waals surface area contributed by atoms with E-state index in [0.717, 1.165) is 0 Å². The quantitative estimate of drug-likeness (QED) is 0.704. The van der Waals surface area contributed by atoms with Gasteiger partial charge in [-0.3, -0.25) is 4.79 Å². The van der Waals surface area contributed by atoms with Crippen molar-refractivity contribution in [3.05, 3.63) is 18.2 Å². The van der Waals surface area contributed by atoms with E-state index >= 15 is 0 Å². The largest absolute Gasteiger partial charge is 0.495 e. The monoisotopic (exact) mass is 287 g/mol. The number of rotatable bonds is 5. The third kappa shape index (κ3) is 3.91. The predicted molar refractivity (Wildman–Crippen MR) is 71.3 cm³/mol. The molecule has 0 radical (unpaired) electrons. The maximum atomic E-state index is 11.7. The number of carbonyl (C=O) groups excluding carboxylic acids is 1. The summed E-state index contributed by atoms with van der Waals surface area (Å²) >= 11 is 0. The average molecular weight is 287 g/mol. The molecule has 8 heteroatoms. The smallest absolute Gasteiger partial charge is 0.241 e. The number of anilines is 1. The van der Waals surface area contributed by atoms with E-state index in [1.807, 2.05) is 0 Å². The van der Waals surface area contributed by atoms with E-state index < -0.39 is 22.0 Å². The Balaban J connectivity index is 3.14. The second-order valence-electron chi connectivity index (χ2n) is 3.91. The summed E-state index contributed by atoms with van der Waals surface area (Å²) in [6, 6.07) is 3.26. The van der Waals surface area contributed by atoms with Crippen molar-refractivity contribution in [2.45, 2.75) is 24.3 Å². The standard InChI is InChI=1S/C11H17N3O4S/c1-3-8(12)11(15)14-9-6-7(19(13,16)17)4-5-10(9)18-2/h4-6,8H,3,12H2,1-2H3,(H,14,15)(H2,13,16,17)/t8-/m1/s1. The molecule has 0 spiro atoms. The van der Waals surface area contributed by atoms with Gasteiger partial charge in [-0.05, 0) is 24.6 Å². The molecule has 106 valence electrons. The van der Waals surface area contributed by atoms with E-state index in [0.29, 0.717) is 12.2 Å². The van der Waals surface area contributed by atoms with Crippen LogP contribution in [0.1, 0.15) is 13.3 Å². The van der Waals surface area contributed by atoms with Gasteiger partial charge in [0.15, 0.2) is 0 Å². The van der Waals surface area contributed by atoms with Gasteiger partial charge in [0, 0.05) is 0 Å². The SMILES string of the molecule is CC[C@@H](N)C(=O)Nc1cc(S(N)(=O)=O)ccc1OC. The lowest BCUT2D eigenvalue weighted by molar-refractivity contribution is -0.117. The Kier molecular flexibility index (Phi) is 4.87. The van der Waals surface area contributed by atoms with Crippen LogP contribution in [0.15, 0.2) is 23.1 Å². The van der Waals surface area contributed by atoms with Gasteiger partial charge >= 0.3 is 0 Å². The molecule has 0 aliphatic rings. The number of nitrogens with one attached hydrogen (secondary N) is 1. The van der Waals surface area contributed by atoms with Crippen LogP contribution in [0, 0.1) is 0 Å². The number of nitrogens with two attached hydrogens (primary N) is 2. The summed E-state index contributed by atoms with van der Waals surface area (Å²) in [5.41, 5.74) is 5.79. The second-order valence-corrected chi connectivity index (χ2v) is 5.47. The molecule has 0 bridgehead atoms. The van der Waals surface area contributed by atoms with Gasteiger partial charge < -0.3 is 15.8 Å². The van der Waals surface area contributed by atoms with Crippen LogP contribution in [-0.4, -0.2) is 27.5 Å². The third-order valence-corrected chi connectivity index (χ3v) is 3.44. The summed E-state index contributed by atoms with van der Waals surface area (Å²) in [5.74, 6) is -0.101. The van der Waals surface area contributed by atoms with Gasteiger partial charge in [-0.1, -0.05) is 6.92 Å². The fraction of sp³-hybridized carbons (Fsp3) is 0.364. The van der Waals surface area contributed by atoms with Gasteiger partial charge in [-0.15, -0.1) is 0 Å². The van der Waals surface area contributed by atoms with Crippen molar-refractivity contribution in [3.63, 3.8) is 0 Å². The molecule has 1 amide bonds. The van der Waals surface area contributed by atoms with E-state index in [9.17, 15) is 13.2 Å². The molecule has 19 heavy (non-hydrogen) atoms. The first-order valence-corrected chi connectivity index (χ1v) is 7.11. The number of primary sulfonamides is 1. The van der Waals surface area contributed by atoms with Crippen molar-refractivity contribution in [1.29, 1.82) is 0 Å². The van der Waals surface area contributed by atoms with E-state index in [1.54, 1.807) is 6.92 Å². The van der Waals surface area contributed by atoms with Crippen molar-refractivity contribution in [2.24, 2.45) is 10.9 Å². The minimum atomic E-state index is -3.85. The Labute approximate surface area is 112 Å². The molecule has 1 aromatic rings. The molecule has 5 N–H and O–H groups in total. The molecule has 0 aliphatic carbocycles. The molecule has 1 aromatic carbocycles. The molecular formula is C11H17N3O4S. The summed E-state index contributed by atoms with van der Waals surface area (Å²) in [6.07, 6.45) is 0.461. The highest BCUT2D eigenvalue weighted by Crippen LogP contribution is 2.27. The summed E-state index contributed by atoms with van der Waals surface area (Å²) in [7, 11) is -2.45. The number of benzene rings is 1. The van der Waals surface area contributed by atoms with Gasteiger partial charge in [-0.25, -0.2) is 13.6 Å². The highest BCUT2D eigenvalue weighted by atomic mass is 32.2. The van der Waals surface area contributed by atoms with Crippen LogP contribution in [0.4, 0.5) is 5.69 Å². The summed E-state index contributed by atoms with van der Waals surface area (Å²) < 4.78 is 27.6. The number of hydrogen-bond donors (Lipinski definition) is 3. The lowest BCUT2D eigenvalue weighted by Gasteiger charge is -2.14. The molecule has 0 aliphatic heterocycles. The highest BCUT2D eigenvalue weighted by Gasteiger charge is 2.16. The molecule has 0 fully saturated rings. The van der Waals surface area contributed by atoms with Crippen LogP contribution < -0.4 is 20.9 Å². The van der Waals surface area contributed by atoms with E-state index in [4.69, 9.17) is 15.6 Å². The Morgan fingerprint density at radius 2 is 2.11 bits per heavy atom. The molecule has 0 saturated heterocycles. The topological polar surface area (TPSA) is 125 Å². The molecule has 0 heterocycles. The number of sulfonamides is 1. The molecular weight excluding hydrogens is 270 g/mol. The molecule has 1 rings (SSSR count). The minimum absolute atomic E-state index is 0.117. The van der Waals surface area contributed by atoms with Crippen LogP contribution in [-0.2, 0) is 14.8 Å².